The predicted molar refractivity (Wildman–Crippen MR) is 96.8 cm³/mol. The summed E-state index contributed by atoms with van der Waals surface area (Å²) in [6, 6.07) is -0.306. The van der Waals surface area contributed by atoms with Crippen molar-refractivity contribution in [2.45, 2.75) is 63.4 Å². The van der Waals surface area contributed by atoms with E-state index in [9.17, 15) is 9.59 Å². The number of carbonyl (C=O) groups excluding carboxylic acids is 2. The highest BCUT2D eigenvalue weighted by molar-refractivity contribution is 7.99. The molecule has 0 aromatic carbocycles. The van der Waals surface area contributed by atoms with E-state index in [1.165, 1.54) is 0 Å². The van der Waals surface area contributed by atoms with Crippen LogP contribution in [0.1, 0.15) is 47.0 Å². The molecular formula is C16H26Cl2N2O2S. The Hall–Kier alpha value is -0.130. The van der Waals surface area contributed by atoms with Gasteiger partial charge in [0.2, 0.25) is 11.8 Å². The van der Waals surface area contributed by atoms with Gasteiger partial charge in [-0.2, -0.15) is 0 Å². The summed E-state index contributed by atoms with van der Waals surface area (Å²) in [6.07, 6.45) is 2.46. The van der Waals surface area contributed by atoms with E-state index in [0.29, 0.717) is 24.0 Å². The third kappa shape index (κ3) is 4.10. The number of rotatable bonds is 6. The molecule has 2 rings (SSSR count). The highest BCUT2D eigenvalue weighted by Crippen LogP contribution is 2.64. The van der Waals surface area contributed by atoms with Crippen LogP contribution in [0.5, 0.6) is 0 Å². The van der Waals surface area contributed by atoms with Crippen LogP contribution >= 0.6 is 35.0 Å². The third-order valence-corrected chi connectivity index (χ3v) is 6.86. The van der Waals surface area contributed by atoms with E-state index in [-0.39, 0.29) is 17.9 Å². The Labute approximate surface area is 153 Å². The summed E-state index contributed by atoms with van der Waals surface area (Å²) in [6.45, 7) is 8.13. The van der Waals surface area contributed by atoms with Gasteiger partial charge in [0, 0.05) is 11.8 Å². The average Bonchev–Trinajstić information content (AvgIpc) is 2.82. The minimum atomic E-state index is -0.997. The summed E-state index contributed by atoms with van der Waals surface area (Å²) in [5.41, 5.74) is -0.761. The summed E-state index contributed by atoms with van der Waals surface area (Å²) < 4.78 is -0.997. The number of nitrogens with zero attached hydrogens (tertiary/aromatic N) is 1. The Morgan fingerprint density at radius 2 is 1.91 bits per heavy atom. The number of nitrogens with one attached hydrogen (secondary N) is 1. The minimum absolute atomic E-state index is 0.0707. The molecule has 23 heavy (non-hydrogen) atoms. The summed E-state index contributed by atoms with van der Waals surface area (Å²) >= 11 is 13.8. The molecule has 4 nitrogen and oxygen atoms in total. The van der Waals surface area contributed by atoms with Crippen molar-refractivity contribution in [1.82, 2.24) is 10.2 Å². The standard InChI is InChI=1S/C16H26Cl2N2O2S/c1-10(2)5-6-11(3)19-13(21)12-7-23-9-20(12)14(22)15(4)8-16(15,17)18/h10-12H,5-9H2,1-4H3,(H,19,21). The molecule has 0 bridgehead atoms. The minimum Gasteiger partial charge on any atom is -0.352 e. The molecule has 2 fully saturated rings. The molecule has 132 valence electrons. The van der Waals surface area contributed by atoms with Crippen LogP contribution in [0.25, 0.3) is 0 Å². The number of hydrogen-bond acceptors (Lipinski definition) is 3. The Morgan fingerprint density at radius 1 is 1.30 bits per heavy atom. The number of carbonyl (C=O) groups is 2. The lowest BCUT2D eigenvalue weighted by atomic mass is 10.0. The topological polar surface area (TPSA) is 49.4 Å². The van der Waals surface area contributed by atoms with Crippen molar-refractivity contribution in [3.8, 4) is 0 Å². The van der Waals surface area contributed by atoms with Crippen molar-refractivity contribution in [2.24, 2.45) is 11.3 Å². The van der Waals surface area contributed by atoms with Gasteiger partial charge in [0.05, 0.1) is 11.3 Å². The van der Waals surface area contributed by atoms with E-state index in [1.54, 1.807) is 23.6 Å². The second-order valence-electron chi connectivity index (χ2n) is 7.38. The SMILES string of the molecule is CC(C)CCC(C)NC(=O)C1CSCN1C(=O)C1(C)CC1(Cl)Cl. The van der Waals surface area contributed by atoms with Gasteiger partial charge in [-0.1, -0.05) is 13.8 Å². The van der Waals surface area contributed by atoms with E-state index in [0.717, 1.165) is 12.8 Å². The maximum absolute atomic E-state index is 12.7. The van der Waals surface area contributed by atoms with E-state index in [2.05, 4.69) is 19.2 Å². The highest BCUT2D eigenvalue weighted by Gasteiger charge is 2.69. The lowest BCUT2D eigenvalue weighted by Gasteiger charge is -2.28. The van der Waals surface area contributed by atoms with Gasteiger partial charge in [0.1, 0.15) is 10.4 Å². The molecule has 0 aromatic rings. The molecule has 1 aliphatic heterocycles. The van der Waals surface area contributed by atoms with Gasteiger partial charge in [-0.15, -0.1) is 35.0 Å². The zero-order chi connectivity index (χ0) is 17.4. The second kappa shape index (κ2) is 7.01. The van der Waals surface area contributed by atoms with Gasteiger partial charge in [0.25, 0.3) is 0 Å². The number of halogens is 2. The van der Waals surface area contributed by atoms with Crippen LogP contribution in [0.4, 0.5) is 0 Å². The molecule has 2 aliphatic rings. The van der Waals surface area contributed by atoms with Gasteiger partial charge in [0.15, 0.2) is 0 Å². The molecular weight excluding hydrogens is 355 g/mol. The Morgan fingerprint density at radius 3 is 2.43 bits per heavy atom. The lowest BCUT2D eigenvalue weighted by Crippen LogP contribution is -2.51. The first-order valence-corrected chi connectivity index (χ1v) is 10.1. The van der Waals surface area contributed by atoms with Crippen LogP contribution in [0.2, 0.25) is 0 Å². The molecule has 1 saturated carbocycles. The Bertz CT molecular complexity index is 487. The van der Waals surface area contributed by atoms with Crippen LogP contribution < -0.4 is 5.32 Å². The van der Waals surface area contributed by atoms with Crippen molar-refractivity contribution in [3.05, 3.63) is 0 Å². The monoisotopic (exact) mass is 380 g/mol. The van der Waals surface area contributed by atoms with Crippen LogP contribution in [0.3, 0.4) is 0 Å². The van der Waals surface area contributed by atoms with Crippen molar-refractivity contribution < 1.29 is 9.59 Å². The molecule has 0 aromatic heterocycles. The smallest absolute Gasteiger partial charge is 0.243 e. The number of alkyl halides is 2. The molecule has 1 heterocycles. The zero-order valence-electron chi connectivity index (χ0n) is 14.2. The normalized spacial score (nSPS) is 30.4. The van der Waals surface area contributed by atoms with Crippen molar-refractivity contribution in [3.63, 3.8) is 0 Å². The van der Waals surface area contributed by atoms with Crippen molar-refractivity contribution >= 4 is 46.8 Å². The van der Waals surface area contributed by atoms with Crippen LogP contribution in [0.15, 0.2) is 0 Å². The second-order valence-corrected chi connectivity index (χ2v) is 9.87. The first kappa shape index (κ1) is 19.2. The van der Waals surface area contributed by atoms with E-state index < -0.39 is 15.8 Å². The van der Waals surface area contributed by atoms with Gasteiger partial charge < -0.3 is 10.2 Å². The van der Waals surface area contributed by atoms with E-state index in [4.69, 9.17) is 23.2 Å². The van der Waals surface area contributed by atoms with Crippen molar-refractivity contribution in [2.75, 3.05) is 11.6 Å². The zero-order valence-corrected chi connectivity index (χ0v) is 16.5. The molecule has 1 N–H and O–H groups in total. The summed E-state index contributed by atoms with van der Waals surface area (Å²) in [4.78, 5) is 26.9. The first-order chi connectivity index (χ1) is 10.6. The van der Waals surface area contributed by atoms with E-state index >= 15 is 0 Å². The Kier molecular flexibility index (Phi) is 5.85. The summed E-state index contributed by atoms with van der Waals surface area (Å²) in [5, 5.41) is 3.04. The lowest BCUT2D eigenvalue weighted by molar-refractivity contribution is -0.142. The maximum atomic E-state index is 12.7. The number of thioether (sulfide) groups is 1. The number of hydrogen-bond donors (Lipinski definition) is 1. The van der Waals surface area contributed by atoms with Crippen LogP contribution in [-0.4, -0.2) is 44.8 Å². The first-order valence-electron chi connectivity index (χ1n) is 8.15. The number of amides is 2. The molecule has 3 unspecified atom stereocenters. The van der Waals surface area contributed by atoms with Crippen LogP contribution in [0, 0.1) is 11.3 Å². The Balaban J connectivity index is 1.93. The molecule has 1 saturated heterocycles. The largest absolute Gasteiger partial charge is 0.352 e. The van der Waals surface area contributed by atoms with Gasteiger partial charge in [-0.05, 0) is 39.0 Å². The molecule has 1 aliphatic carbocycles. The van der Waals surface area contributed by atoms with Gasteiger partial charge >= 0.3 is 0 Å². The summed E-state index contributed by atoms with van der Waals surface area (Å²) in [5.74, 6) is 1.59. The molecule has 7 heteroatoms. The quantitative estimate of drug-likeness (QED) is 0.718. The maximum Gasteiger partial charge on any atom is 0.243 e. The fraction of sp³-hybridized carbons (Fsp3) is 0.875. The highest BCUT2D eigenvalue weighted by atomic mass is 35.5. The van der Waals surface area contributed by atoms with Crippen molar-refractivity contribution in [1.29, 1.82) is 0 Å². The molecule has 0 radical (unpaired) electrons. The van der Waals surface area contributed by atoms with Crippen LogP contribution in [-0.2, 0) is 9.59 Å². The van der Waals surface area contributed by atoms with Gasteiger partial charge in [-0.25, -0.2) is 0 Å². The predicted octanol–water partition coefficient (Wildman–Crippen LogP) is 3.41. The molecule has 0 spiro atoms. The van der Waals surface area contributed by atoms with Gasteiger partial charge in [-0.3, -0.25) is 9.59 Å². The fourth-order valence-corrected chi connectivity index (χ4v) is 4.65. The molecule has 3 atom stereocenters. The third-order valence-electron chi connectivity index (χ3n) is 4.74. The molecule has 2 amide bonds. The summed E-state index contributed by atoms with van der Waals surface area (Å²) in [7, 11) is 0. The van der Waals surface area contributed by atoms with E-state index in [1.807, 2.05) is 6.92 Å². The average molecular weight is 381 g/mol. The fourth-order valence-electron chi connectivity index (χ4n) is 2.80.